The molecule has 0 heterocycles. The Kier molecular flexibility index (Phi) is 4.31. The molecule has 0 aliphatic heterocycles. The lowest BCUT2D eigenvalue weighted by Gasteiger charge is -2.06. The lowest BCUT2D eigenvalue weighted by Crippen LogP contribution is -2.10. The number of ether oxygens (including phenoxy) is 1. The standard InChI is InChI=1S/C15H16FNO/c1-17-11-10-12-2-6-14(7-3-12)18-15-8-4-13(16)5-9-15/h2-9,17H,10-11H2,1H3. The molecular weight excluding hydrogens is 229 g/mol. The van der Waals surface area contributed by atoms with Crippen molar-refractivity contribution in [2.75, 3.05) is 13.6 Å². The molecule has 0 fully saturated rings. The van der Waals surface area contributed by atoms with Gasteiger partial charge in [-0.3, -0.25) is 0 Å². The molecule has 2 aromatic carbocycles. The van der Waals surface area contributed by atoms with E-state index in [1.54, 1.807) is 12.1 Å². The summed E-state index contributed by atoms with van der Waals surface area (Å²) in [7, 11) is 1.94. The van der Waals surface area contributed by atoms with Crippen molar-refractivity contribution in [2.45, 2.75) is 6.42 Å². The van der Waals surface area contributed by atoms with Crippen LogP contribution in [0.15, 0.2) is 48.5 Å². The molecular formula is C15H16FNO. The van der Waals surface area contributed by atoms with E-state index in [-0.39, 0.29) is 5.82 Å². The second kappa shape index (κ2) is 6.17. The van der Waals surface area contributed by atoms with Crippen molar-refractivity contribution in [3.05, 3.63) is 59.9 Å². The Morgan fingerprint density at radius 2 is 1.50 bits per heavy atom. The summed E-state index contributed by atoms with van der Waals surface area (Å²) in [4.78, 5) is 0. The van der Waals surface area contributed by atoms with Gasteiger partial charge in [0.1, 0.15) is 17.3 Å². The zero-order valence-corrected chi connectivity index (χ0v) is 10.3. The summed E-state index contributed by atoms with van der Waals surface area (Å²) in [6.45, 7) is 0.957. The molecule has 2 nitrogen and oxygen atoms in total. The van der Waals surface area contributed by atoms with Crippen LogP contribution in [0.5, 0.6) is 11.5 Å². The predicted octanol–water partition coefficient (Wildman–Crippen LogP) is 3.38. The van der Waals surface area contributed by atoms with Gasteiger partial charge in [0.15, 0.2) is 0 Å². The molecule has 0 bridgehead atoms. The molecule has 0 atom stereocenters. The van der Waals surface area contributed by atoms with Gasteiger partial charge in [-0.05, 0) is 62.0 Å². The van der Waals surface area contributed by atoms with Crippen LogP contribution in [0, 0.1) is 5.82 Å². The smallest absolute Gasteiger partial charge is 0.127 e. The van der Waals surface area contributed by atoms with Crippen molar-refractivity contribution >= 4 is 0 Å². The summed E-state index contributed by atoms with van der Waals surface area (Å²) in [5.41, 5.74) is 1.26. The Bertz CT molecular complexity index is 479. The molecule has 1 N–H and O–H groups in total. The maximum atomic E-state index is 12.7. The van der Waals surface area contributed by atoms with Crippen LogP contribution < -0.4 is 10.1 Å². The van der Waals surface area contributed by atoms with E-state index >= 15 is 0 Å². The van der Waals surface area contributed by atoms with Gasteiger partial charge in [-0.25, -0.2) is 4.39 Å². The van der Waals surface area contributed by atoms with Crippen LogP contribution in [0.3, 0.4) is 0 Å². The van der Waals surface area contributed by atoms with Gasteiger partial charge >= 0.3 is 0 Å². The van der Waals surface area contributed by atoms with Gasteiger partial charge in [0, 0.05) is 0 Å². The van der Waals surface area contributed by atoms with Gasteiger partial charge in [-0.1, -0.05) is 12.1 Å². The summed E-state index contributed by atoms with van der Waals surface area (Å²) >= 11 is 0. The van der Waals surface area contributed by atoms with E-state index in [1.807, 2.05) is 31.3 Å². The maximum Gasteiger partial charge on any atom is 0.127 e. The molecule has 2 rings (SSSR count). The minimum Gasteiger partial charge on any atom is -0.457 e. The van der Waals surface area contributed by atoms with Crippen LogP contribution in [0.2, 0.25) is 0 Å². The Hall–Kier alpha value is -1.87. The molecule has 0 aromatic heterocycles. The number of likely N-dealkylation sites (N-methyl/N-ethyl adjacent to an activating group) is 1. The summed E-state index contributed by atoms with van der Waals surface area (Å²) < 4.78 is 18.3. The van der Waals surface area contributed by atoms with Crippen LogP contribution in [0.4, 0.5) is 4.39 Å². The van der Waals surface area contributed by atoms with Gasteiger partial charge in [0.05, 0.1) is 0 Å². The summed E-state index contributed by atoms with van der Waals surface area (Å²) in [6.07, 6.45) is 0.993. The molecule has 0 aliphatic rings. The molecule has 0 spiro atoms. The van der Waals surface area contributed by atoms with Gasteiger partial charge in [-0.15, -0.1) is 0 Å². The summed E-state index contributed by atoms with van der Waals surface area (Å²) in [5, 5.41) is 3.11. The first-order valence-electron chi connectivity index (χ1n) is 5.95. The lowest BCUT2D eigenvalue weighted by molar-refractivity contribution is 0.480. The quantitative estimate of drug-likeness (QED) is 0.872. The van der Waals surface area contributed by atoms with E-state index in [1.165, 1.54) is 17.7 Å². The minimum atomic E-state index is -0.259. The molecule has 0 radical (unpaired) electrons. The highest BCUT2D eigenvalue weighted by Crippen LogP contribution is 2.21. The Morgan fingerprint density at radius 1 is 0.944 bits per heavy atom. The van der Waals surface area contributed by atoms with Gasteiger partial charge < -0.3 is 10.1 Å². The van der Waals surface area contributed by atoms with Crippen LogP contribution in [-0.4, -0.2) is 13.6 Å². The van der Waals surface area contributed by atoms with Crippen molar-refractivity contribution in [1.29, 1.82) is 0 Å². The second-order valence-corrected chi connectivity index (χ2v) is 4.05. The first-order valence-corrected chi connectivity index (χ1v) is 5.95. The average Bonchev–Trinajstić information content (AvgIpc) is 2.41. The normalized spacial score (nSPS) is 10.3. The minimum absolute atomic E-state index is 0.259. The molecule has 94 valence electrons. The average molecular weight is 245 g/mol. The van der Waals surface area contributed by atoms with E-state index in [9.17, 15) is 4.39 Å². The third-order valence-electron chi connectivity index (χ3n) is 2.64. The molecule has 0 aliphatic carbocycles. The van der Waals surface area contributed by atoms with Gasteiger partial charge in [0.2, 0.25) is 0 Å². The van der Waals surface area contributed by atoms with Crippen LogP contribution >= 0.6 is 0 Å². The molecule has 0 unspecified atom stereocenters. The highest BCUT2D eigenvalue weighted by atomic mass is 19.1. The first-order chi connectivity index (χ1) is 8.78. The Labute approximate surface area is 106 Å². The third-order valence-corrected chi connectivity index (χ3v) is 2.64. The largest absolute Gasteiger partial charge is 0.457 e. The molecule has 0 amide bonds. The first kappa shape index (κ1) is 12.6. The second-order valence-electron chi connectivity index (χ2n) is 4.05. The third kappa shape index (κ3) is 3.57. The van der Waals surface area contributed by atoms with E-state index in [0.717, 1.165) is 18.7 Å². The fourth-order valence-corrected chi connectivity index (χ4v) is 1.63. The number of hydrogen-bond acceptors (Lipinski definition) is 2. The van der Waals surface area contributed by atoms with E-state index < -0.39 is 0 Å². The number of halogens is 1. The van der Waals surface area contributed by atoms with E-state index in [4.69, 9.17) is 4.74 Å². The van der Waals surface area contributed by atoms with Crippen molar-refractivity contribution in [2.24, 2.45) is 0 Å². The van der Waals surface area contributed by atoms with E-state index in [2.05, 4.69) is 5.32 Å². The van der Waals surface area contributed by atoms with Gasteiger partial charge in [-0.2, -0.15) is 0 Å². The van der Waals surface area contributed by atoms with Crippen LogP contribution in [0.25, 0.3) is 0 Å². The number of nitrogens with one attached hydrogen (secondary N) is 1. The summed E-state index contributed by atoms with van der Waals surface area (Å²) in [6, 6.07) is 13.9. The maximum absolute atomic E-state index is 12.7. The van der Waals surface area contributed by atoms with Crippen LogP contribution in [-0.2, 0) is 6.42 Å². The number of rotatable bonds is 5. The SMILES string of the molecule is CNCCc1ccc(Oc2ccc(F)cc2)cc1. The van der Waals surface area contributed by atoms with Gasteiger partial charge in [0.25, 0.3) is 0 Å². The number of benzene rings is 2. The van der Waals surface area contributed by atoms with Crippen LogP contribution in [0.1, 0.15) is 5.56 Å². The van der Waals surface area contributed by atoms with Crippen molar-refractivity contribution in [3.63, 3.8) is 0 Å². The van der Waals surface area contributed by atoms with Crippen molar-refractivity contribution in [1.82, 2.24) is 5.32 Å². The number of hydrogen-bond donors (Lipinski definition) is 1. The predicted molar refractivity (Wildman–Crippen MR) is 70.5 cm³/mol. The van der Waals surface area contributed by atoms with E-state index in [0.29, 0.717) is 5.75 Å². The summed E-state index contributed by atoms with van der Waals surface area (Å²) in [5.74, 6) is 1.14. The Morgan fingerprint density at radius 3 is 2.06 bits per heavy atom. The highest BCUT2D eigenvalue weighted by Gasteiger charge is 1.98. The Balaban J connectivity index is 1.99. The topological polar surface area (TPSA) is 21.3 Å². The zero-order chi connectivity index (χ0) is 12.8. The molecule has 2 aromatic rings. The zero-order valence-electron chi connectivity index (χ0n) is 10.3. The molecule has 0 saturated heterocycles. The fraction of sp³-hybridized carbons (Fsp3) is 0.200. The molecule has 0 saturated carbocycles. The highest BCUT2D eigenvalue weighted by molar-refractivity contribution is 5.33. The van der Waals surface area contributed by atoms with Crippen molar-refractivity contribution < 1.29 is 9.13 Å². The fourth-order valence-electron chi connectivity index (χ4n) is 1.63. The molecule has 3 heteroatoms. The lowest BCUT2D eigenvalue weighted by atomic mass is 10.1. The monoisotopic (exact) mass is 245 g/mol. The van der Waals surface area contributed by atoms with Crippen molar-refractivity contribution in [3.8, 4) is 11.5 Å². The molecule has 18 heavy (non-hydrogen) atoms.